The first-order valence-corrected chi connectivity index (χ1v) is 7.65. The molecule has 0 saturated carbocycles. The maximum atomic E-state index is 13.1. The van der Waals surface area contributed by atoms with E-state index < -0.39 is 43.1 Å². The van der Waals surface area contributed by atoms with Crippen molar-refractivity contribution in [1.29, 1.82) is 0 Å². The summed E-state index contributed by atoms with van der Waals surface area (Å²) in [5.41, 5.74) is -4.79. The van der Waals surface area contributed by atoms with E-state index in [-0.39, 0.29) is 20.3 Å². The van der Waals surface area contributed by atoms with E-state index in [1.54, 1.807) is 19.1 Å². The molecule has 0 amide bonds. The zero-order valence-corrected chi connectivity index (χ0v) is 14.2. The molecule has 130 valence electrons. The molecule has 0 aliphatic carbocycles. The Balaban J connectivity index is 0.00000312. The Morgan fingerprint density at radius 1 is 0.880 bits per heavy atom. The summed E-state index contributed by atoms with van der Waals surface area (Å²) < 4.78 is 78.3. The summed E-state index contributed by atoms with van der Waals surface area (Å²) in [5.74, 6) is 0. The normalized spacial score (nSPS) is 12.3. The van der Waals surface area contributed by atoms with Crippen LogP contribution in [0.1, 0.15) is 28.5 Å². The van der Waals surface area contributed by atoms with E-state index in [0.717, 1.165) is 5.56 Å². The second-order valence-corrected chi connectivity index (χ2v) is 6.33. The first-order chi connectivity index (χ1) is 11.0. The number of benzene rings is 2. The standard InChI is InChI=1S/C16H11F6OP.Li.H/c1-9-5-7-10(8-6-9)24-14(23)13-11(15(17,18)19)3-2-4-12(13)16(20,21)22;;/h2-8,24H,1H3;;/q;+1;-1. The predicted molar refractivity (Wildman–Crippen MR) is 81.0 cm³/mol. The van der Waals surface area contributed by atoms with Crippen LogP contribution in [0.3, 0.4) is 0 Å². The molecule has 0 aromatic heterocycles. The molecule has 0 heterocycles. The Morgan fingerprint density at radius 2 is 1.32 bits per heavy atom. The van der Waals surface area contributed by atoms with Gasteiger partial charge in [0, 0.05) is 5.56 Å². The third kappa shape index (κ3) is 5.34. The largest absolute Gasteiger partial charge is 1.00 e. The van der Waals surface area contributed by atoms with Crippen molar-refractivity contribution >= 4 is 19.4 Å². The Bertz CT molecular complexity index is 727. The van der Waals surface area contributed by atoms with Crippen LogP contribution in [0.4, 0.5) is 26.3 Å². The zero-order valence-electron chi connectivity index (χ0n) is 14.2. The maximum Gasteiger partial charge on any atom is 1.00 e. The average Bonchev–Trinajstić information content (AvgIpc) is 2.47. The molecule has 0 bridgehead atoms. The molecule has 25 heavy (non-hydrogen) atoms. The van der Waals surface area contributed by atoms with Crippen LogP contribution in [0, 0.1) is 6.92 Å². The number of aryl methyl sites for hydroxylation is 1. The Morgan fingerprint density at radius 3 is 1.72 bits per heavy atom. The molecule has 0 N–H and O–H groups in total. The molecule has 2 aromatic rings. The molecule has 0 saturated heterocycles. The van der Waals surface area contributed by atoms with Crippen LogP contribution < -0.4 is 24.2 Å². The quantitative estimate of drug-likeness (QED) is 0.459. The van der Waals surface area contributed by atoms with Crippen LogP contribution >= 0.6 is 8.58 Å². The number of hydrogen-bond acceptors (Lipinski definition) is 1. The van der Waals surface area contributed by atoms with Gasteiger partial charge < -0.3 is 1.43 Å². The van der Waals surface area contributed by atoms with Gasteiger partial charge in [0.05, 0.1) is 11.1 Å². The van der Waals surface area contributed by atoms with Crippen LogP contribution in [-0.2, 0) is 12.4 Å². The van der Waals surface area contributed by atoms with E-state index in [0.29, 0.717) is 23.5 Å². The summed E-state index contributed by atoms with van der Waals surface area (Å²) in [6, 6.07) is 7.91. The Labute approximate surface area is 155 Å². The molecular weight excluding hydrogens is 360 g/mol. The van der Waals surface area contributed by atoms with Gasteiger partial charge in [-0.15, -0.1) is 0 Å². The molecule has 2 rings (SSSR count). The van der Waals surface area contributed by atoms with Gasteiger partial charge in [-0.25, -0.2) is 0 Å². The second kappa shape index (κ2) is 7.95. The number of carbonyl (C=O) groups excluding carboxylic acids is 1. The number of carbonyl (C=O) groups is 1. The van der Waals surface area contributed by atoms with Crippen molar-refractivity contribution in [1.82, 2.24) is 0 Å². The van der Waals surface area contributed by atoms with Crippen LogP contribution in [-0.4, -0.2) is 5.52 Å². The first kappa shape index (κ1) is 21.8. The second-order valence-electron chi connectivity index (χ2n) is 5.04. The van der Waals surface area contributed by atoms with E-state index in [2.05, 4.69) is 0 Å². The topological polar surface area (TPSA) is 17.1 Å². The molecule has 0 aliphatic heterocycles. The van der Waals surface area contributed by atoms with Crippen LogP contribution in [0.25, 0.3) is 0 Å². The molecule has 0 fully saturated rings. The van der Waals surface area contributed by atoms with Gasteiger partial charge in [-0.3, -0.25) is 4.79 Å². The summed E-state index contributed by atoms with van der Waals surface area (Å²) in [5, 5.41) is 0.371. The maximum absolute atomic E-state index is 13.1. The SMILES string of the molecule is Cc1ccc(PC(=O)c2c(C(F)(F)F)cccc2C(F)(F)F)cc1.[H-].[Li+]. The molecule has 0 radical (unpaired) electrons. The molecule has 2 aromatic carbocycles. The monoisotopic (exact) mass is 372 g/mol. The van der Waals surface area contributed by atoms with Gasteiger partial charge in [0.1, 0.15) is 0 Å². The number of rotatable bonds is 3. The Hall–Kier alpha value is -1.28. The summed E-state index contributed by atoms with van der Waals surface area (Å²) in [6.45, 7) is 1.77. The smallest absolute Gasteiger partial charge is 1.00 e. The fraction of sp³-hybridized carbons (Fsp3) is 0.188. The molecular formula is C16H12F6LiOP. The third-order valence-corrected chi connectivity index (χ3v) is 4.31. The van der Waals surface area contributed by atoms with E-state index in [1.165, 1.54) is 12.1 Å². The molecule has 9 heteroatoms. The van der Waals surface area contributed by atoms with Crippen LogP contribution in [0.2, 0.25) is 0 Å². The van der Waals surface area contributed by atoms with Gasteiger partial charge in [-0.2, -0.15) is 26.3 Å². The zero-order chi connectivity index (χ0) is 18.1. The van der Waals surface area contributed by atoms with Gasteiger partial charge >= 0.3 is 31.2 Å². The fourth-order valence-corrected chi connectivity index (χ4v) is 3.09. The molecule has 0 spiro atoms. The fourth-order valence-electron chi connectivity index (χ4n) is 2.10. The van der Waals surface area contributed by atoms with E-state index in [4.69, 9.17) is 0 Å². The first-order valence-electron chi connectivity index (χ1n) is 6.65. The summed E-state index contributed by atoms with van der Waals surface area (Å²) >= 11 is 0. The van der Waals surface area contributed by atoms with Gasteiger partial charge in [0.2, 0.25) is 0 Å². The van der Waals surface area contributed by atoms with Crippen molar-refractivity contribution in [3.8, 4) is 0 Å². The van der Waals surface area contributed by atoms with Gasteiger partial charge in [-0.1, -0.05) is 35.9 Å². The summed E-state index contributed by atoms with van der Waals surface area (Å²) in [7, 11) is -0.836. The van der Waals surface area contributed by atoms with Gasteiger partial charge in [0.25, 0.3) is 0 Å². The number of halogens is 6. The minimum atomic E-state index is -5.05. The van der Waals surface area contributed by atoms with Crippen molar-refractivity contribution in [3.05, 3.63) is 64.7 Å². The van der Waals surface area contributed by atoms with Gasteiger partial charge in [-0.05, 0) is 32.9 Å². The van der Waals surface area contributed by atoms with E-state index >= 15 is 0 Å². The van der Waals surface area contributed by atoms with Crippen molar-refractivity contribution in [2.75, 3.05) is 0 Å². The molecule has 1 unspecified atom stereocenters. The number of hydrogen-bond donors (Lipinski definition) is 0. The van der Waals surface area contributed by atoms with Crippen molar-refractivity contribution in [3.63, 3.8) is 0 Å². The predicted octanol–water partition coefficient (Wildman–Crippen LogP) is 2.29. The van der Waals surface area contributed by atoms with Crippen molar-refractivity contribution < 1.29 is 51.4 Å². The van der Waals surface area contributed by atoms with E-state index in [1.807, 2.05) is 0 Å². The molecule has 0 aliphatic rings. The van der Waals surface area contributed by atoms with Crippen molar-refractivity contribution in [2.45, 2.75) is 19.3 Å². The van der Waals surface area contributed by atoms with Gasteiger partial charge in [0.15, 0.2) is 5.52 Å². The summed E-state index contributed by atoms with van der Waals surface area (Å²) in [4.78, 5) is 12.2. The summed E-state index contributed by atoms with van der Waals surface area (Å²) in [6.07, 6.45) is -10.1. The van der Waals surface area contributed by atoms with Crippen LogP contribution in [0.15, 0.2) is 42.5 Å². The molecule has 1 nitrogen and oxygen atoms in total. The average molecular weight is 372 g/mol. The Kier molecular flexibility index (Phi) is 6.92. The minimum Gasteiger partial charge on any atom is -1.00 e. The minimum absolute atomic E-state index is 0. The van der Waals surface area contributed by atoms with Crippen LogP contribution in [0.5, 0.6) is 0 Å². The molecule has 1 atom stereocenters. The van der Waals surface area contributed by atoms with E-state index in [9.17, 15) is 31.1 Å². The van der Waals surface area contributed by atoms with Crippen molar-refractivity contribution in [2.24, 2.45) is 0 Å². The third-order valence-electron chi connectivity index (χ3n) is 3.21. The number of alkyl halides is 6.